The molecule has 1 atom stereocenters. The van der Waals surface area contributed by atoms with Crippen LogP contribution in [0.4, 0.5) is 18.9 Å². The lowest BCUT2D eigenvalue weighted by atomic mass is 10.1. The summed E-state index contributed by atoms with van der Waals surface area (Å²) < 4.78 is 83.9. The van der Waals surface area contributed by atoms with Crippen LogP contribution in [-0.2, 0) is 24.7 Å². The monoisotopic (exact) mass is 400 g/mol. The van der Waals surface area contributed by atoms with Crippen LogP contribution in [0.1, 0.15) is 6.42 Å². The zero-order valence-electron chi connectivity index (χ0n) is 12.7. The Hall–Kier alpha value is -1.66. The number of carbonyl (C=O) groups excluding carboxylic acids is 1. The molecule has 1 aliphatic heterocycles. The molecule has 1 saturated heterocycles. The lowest BCUT2D eigenvalue weighted by Gasteiger charge is -2.11. The highest BCUT2D eigenvalue weighted by Crippen LogP contribution is 2.21. The van der Waals surface area contributed by atoms with Crippen LogP contribution in [0.5, 0.6) is 0 Å². The van der Waals surface area contributed by atoms with E-state index >= 15 is 0 Å². The number of nitrogens with one attached hydrogen (secondary N) is 2. The molecule has 1 aromatic rings. The normalized spacial score (nSPS) is 20.4. The zero-order valence-corrected chi connectivity index (χ0v) is 14.3. The highest BCUT2D eigenvalue weighted by Gasteiger charge is 2.33. The third-order valence-electron chi connectivity index (χ3n) is 3.50. The van der Waals surface area contributed by atoms with Gasteiger partial charge in [0, 0.05) is 5.69 Å². The molecule has 7 nitrogen and oxygen atoms in total. The molecule has 1 heterocycles. The van der Waals surface area contributed by atoms with E-state index in [0.717, 1.165) is 12.1 Å². The molecule has 0 unspecified atom stereocenters. The summed E-state index contributed by atoms with van der Waals surface area (Å²) in [6.45, 7) is -1.69. The van der Waals surface area contributed by atoms with E-state index in [-0.39, 0.29) is 23.6 Å². The second kappa shape index (κ2) is 6.92. The summed E-state index contributed by atoms with van der Waals surface area (Å²) in [6, 6.07) is 4.51. The van der Waals surface area contributed by atoms with E-state index in [0.29, 0.717) is 0 Å². The first kappa shape index (κ1) is 19.7. The molecule has 2 N–H and O–H groups in total. The fraction of sp³-hybridized carbons (Fsp3) is 0.462. The van der Waals surface area contributed by atoms with Gasteiger partial charge in [-0.05, 0) is 30.7 Å². The fourth-order valence-electron chi connectivity index (χ4n) is 2.22. The van der Waals surface area contributed by atoms with Gasteiger partial charge in [-0.3, -0.25) is 4.79 Å². The highest BCUT2D eigenvalue weighted by molar-refractivity contribution is 7.91. The molecular formula is C13H15F3N2O5S2. The number of rotatable bonds is 5. The van der Waals surface area contributed by atoms with Gasteiger partial charge in [-0.25, -0.2) is 21.6 Å². The van der Waals surface area contributed by atoms with Gasteiger partial charge in [-0.15, -0.1) is 0 Å². The second-order valence-corrected chi connectivity index (χ2v) is 9.55. The molecule has 0 radical (unpaired) electrons. The van der Waals surface area contributed by atoms with Gasteiger partial charge >= 0.3 is 6.18 Å². The van der Waals surface area contributed by atoms with Crippen LogP contribution in [0.2, 0.25) is 0 Å². The molecule has 140 valence electrons. The maximum Gasteiger partial charge on any atom is 0.402 e. The van der Waals surface area contributed by atoms with Gasteiger partial charge in [-0.2, -0.15) is 13.2 Å². The number of halogens is 3. The Balaban J connectivity index is 2.01. The van der Waals surface area contributed by atoms with Crippen molar-refractivity contribution in [3.63, 3.8) is 0 Å². The lowest BCUT2D eigenvalue weighted by molar-refractivity contribution is -0.121. The van der Waals surface area contributed by atoms with Crippen LogP contribution < -0.4 is 10.0 Å². The highest BCUT2D eigenvalue weighted by atomic mass is 32.2. The molecule has 2 rings (SSSR count). The Morgan fingerprint density at radius 1 is 1.20 bits per heavy atom. The summed E-state index contributed by atoms with van der Waals surface area (Å²) in [7, 11) is -7.55. The van der Waals surface area contributed by atoms with Crippen molar-refractivity contribution in [2.24, 2.45) is 5.92 Å². The topological polar surface area (TPSA) is 109 Å². The van der Waals surface area contributed by atoms with E-state index in [2.05, 4.69) is 5.32 Å². The van der Waals surface area contributed by atoms with Crippen molar-refractivity contribution in [3.8, 4) is 0 Å². The number of benzene rings is 1. The molecule has 25 heavy (non-hydrogen) atoms. The van der Waals surface area contributed by atoms with Gasteiger partial charge in [0.25, 0.3) is 0 Å². The molecule has 0 saturated carbocycles. The first-order valence-corrected chi connectivity index (χ1v) is 10.4. The number of alkyl halides is 3. The zero-order chi connectivity index (χ0) is 18.9. The molecule has 1 amide bonds. The van der Waals surface area contributed by atoms with Crippen LogP contribution in [0.25, 0.3) is 0 Å². The van der Waals surface area contributed by atoms with E-state index in [1.165, 1.54) is 16.9 Å². The lowest BCUT2D eigenvalue weighted by Crippen LogP contribution is -2.33. The van der Waals surface area contributed by atoms with Crippen molar-refractivity contribution >= 4 is 31.5 Å². The molecular weight excluding hydrogens is 385 g/mol. The quantitative estimate of drug-likeness (QED) is 0.763. The van der Waals surface area contributed by atoms with Crippen molar-refractivity contribution in [3.05, 3.63) is 24.3 Å². The minimum absolute atomic E-state index is 0.0624. The summed E-state index contributed by atoms with van der Waals surface area (Å²) in [5.74, 6) is -1.49. The molecule has 0 spiro atoms. The number of sulfonamides is 1. The maximum absolute atomic E-state index is 12.1. The fourth-order valence-corrected chi connectivity index (χ4v) is 4.98. The molecule has 1 aliphatic rings. The van der Waals surface area contributed by atoms with Crippen LogP contribution in [-0.4, -0.2) is 47.0 Å². The average molecular weight is 400 g/mol. The van der Waals surface area contributed by atoms with Gasteiger partial charge in [0.05, 0.1) is 22.3 Å². The van der Waals surface area contributed by atoms with Crippen molar-refractivity contribution in [2.45, 2.75) is 17.5 Å². The van der Waals surface area contributed by atoms with Crippen molar-refractivity contribution < 1.29 is 34.8 Å². The standard InChI is InChI=1S/C13H15F3N2O5S2/c14-13(15,16)8-17-25(22,23)11-3-1-10(2-4-11)18-12(19)9-5-6-24(20,21)7-9/h1-4,9,17H,5-8H2,(H,18,19)/t9-/m1/s1. The Bertz CT molecular complexity index is 849. The maximum atomic E-state index is 12.1. The van der Waals surface area contributed by atoms with Gasteiger partial charge in [0.1, 0.15) is 6.54 Å². The number of anilines is 1. The second-order valence-electron chi connectivity index (χ2n) is 5.55. The predicted octanol–water partition coefficient (Wildman–Crippen LogP) is 0.900. The van der Waals surface area contributed by atoms with Crippen LogP contribution >= 0.6 is 0 Å². The predicted molar refractivity (Wildman–Crippen MR) is 83.1 cm³/mol. The molecule has 1 fully saturated rings. The third-order valence-corrected chi connectivity index (χ3v) is 6.68. The minimum Gasteiger partial charge on any atom is -0.326 e. The summed E-state index contributed by atoms with van der Waals surface area (Å²) >= 11 is 0. The molecule has 0 bridgehead atoms. The summed E-state index contributed by atoms with van der Waals surface area (Å²) in [5, 5.41) is 2.46. The number of hydrogen-bond donors (Lipinski definition) is 2. The Labute approximate surface area is 142 Å². The summed E-state index contributed by atoms with van der Waals surface area (Å²) in [4.78, 5) is 11.6. The molecule has 12 heteroatoms. The van der Waals surface area contributed by atoms with E-state index in [1.807, 2.05) is 0 Å². The first-order valence-electron chi connectivity index (χ1n) is 7.06. The molecule has 0 aromatic heterocycles. The SMILES string of the molecule is O=C(Nc1ccc(S(=O)(=O)NCC(F)(F)F)cc1)[C@@H]1CCS(=O)(=O)C1. The van der Waals surface area contributed by atoms with E-state index in [1.54, 1.807) is 0 Å². The van der Waals surface area contributed by atoms with Crippen LogP contribution in [0, 0.1) is 5.92 Å². The van der Waals surface area contributed by atoms with Gasteiger partial charge in [-0.1, -0.05) is 0 Å². The number of sulfone groups is 1. The summed E-state index contributed by atoms with van der Waals surface area (Å²) in [6.07, 6.45) is -4.47. The smallest absolute Gasteiger partial charge is 0.326 e. The van der Waals surface area contributed by atoms with E-state index in [4.69, 9.17) is 0 Å². The van der Waals surface area contributed by atoms with Crippen molar-refractivity contribution in [1.29, 1.82) is 0 Å². The Kier molecular flexibility index (Phi) is 5.44. The summed E-state index contributed by atoms with van der Waals surface area (Å²) in [5.41, 5.74) is 0.212. The molecule has 1 aromatic carbocycles. The Morgan fingerprint density at radius 3 is 2.28 bits per heavy atom. The minimum atomic E-state index is -4.68. The van der Waals surface area contributed by atoms with Gasteiger partial charge in [0.15, 0.2) is 9.84 Å². The number of carbonyl (C=O) groups is 1. The van der Waals surface area contributed by atoms with Gasteiger partial charge < -0.3 is 5.32 Å². The van der Waals surface area contributed by atoms with E-state index in [9.17, 15) is 34.8 Å². The van der Waals surface area contributed by atoms with Gasteiger partial charge in [0.2, 0.25) is 15.9 Å². The van der Waals surface area contributed by atoms with Crippen molar-refractivity contribution in [1.82, 2.24) is 4.72 Å². The third kappa shape index (κ3) is 5.68. The largest absolute Gasteiger partial charge is 0.402 e. The molecule has 0 aliphatic carbocycles. The Morgan fingerprint density at radius 2 is 1.80 bits per heavy atom. The number of hydrogen-bond acceptors (Lipinski definition) is 5. The average Bonchev–Trinajstić information content (AvgIpc) is 2.86. The van der Waals surface area contributed by atoms with Crippen LogP contribution in [0.3, 0.4) is 0 Å². The number of amides is 1. The van der Waals surface area contributed by atoms with Crippen molar-refractivity contribution in [2.75, 3.05) is 23.4 Å². The van der Waals surface area contributed by atoms with E-state index < -0.39 is 49.3 Å². The van der Waals surface area contributed by atoms with Crippen LogP contribution in [0.15, 0.2) is 29.2 Å². The first-order chi connectivity index (χ1) is 11.4.